The Kier molecular flexibility index (Phi) is 5.28. The molecule has 0 heterocycles. The zero-order valence-corrected chi connectivity index (χ0v) is 14.4. The summed E-state index contributed by atoms with van der Waals surface area (Å²) in [4.78, 5) is 0. The molecule has 0 bridgehead atoms. The van der Waals surface area contributed by atoms with E-state index in [0.717, 1.165) is 5.66 Å². The van der Waals surface area contributed by atoms with Crippen LogP contribution in [-0.2, 0) is 4.74 Å². The number of hydrogen-bond donors (Lipinski definition) is 0. The van der Waals surface area contributed by atoms with E-state index in [0.29, 0.717) is 12.0 Å². The summed E-state index contributed by atoms with van der Waals surface area (Å²) in [5, 5.41) is 3.01. The lowest BCUT2D eigenvalue weighted by Gasteiger charge is -2.32. The van der Waals surface area contributed by atoms with E-state index < -0.39 is 0 Å². The molecule has 0 saturated heterocycles. The molecule has 3 rings (SSSR count). The molecule has 1 aliphatic rings. The maximum Gasteiger partial charge on any atom is 0.0577 e. The first kappa shape index (κ1) is 15.7. The third kappa shape index (κ3) is 3.26. The highest BCUT2D eigenvalue weighted by Gasteiger charge is 2.38. The average molecular weight is 312 g/mol. The van der Waals surface area contributed by atoms with Crippen LogP contribution in [0.25, 0.3) is 0 Å². The standard InChI is InChI=1S/C20H25OP/c1-16(21-2)19-14-9-15-20(19)22(17-10-5-3-6-11-17)18-12-7-4-8-13-18/h3-8,10-13,16,19-20H,9,14-15H2,1-2H3/t16-,19?,20-/m0/s1. The van der Waals surface area contributed by atoms with Crippen LogP contribution in [0.15, 0.2) is 60.7 Å². The van der Waals surface area contributed by atoms with Crippen molar-refractivity contribution in [3.8, 4) is 0 Å². The lowest BCUT2D eigenvalue weighted by Crippen LogP contribution is -2.31. The van der Waals surface area contributed by atoms with E-state index >= 15 is 0 Å². The molecule has 116 valence electrons. The number of methoxy groups -OCH3 is 1. The molecule has 0 aromatic heterocycles. The first-order valence-electron chi connectivity index (χ1n) is 8.23. The van der Waals surface area contributed by atoms with E-state index in [1.807, 2.05) is 7.11 Å². The molecule has 2 aromatic carbocycles. The average Bonchev–Trinajstić information content (AvgIpc) is 3.06. The van der Waals surface area contributed by atoms with Crippen LogP contribution in [0.3, 0.4) is 0 Å². The monoisotopic (exact) mass is 312 g/mol. The Labute approximate surface area is 135 Å². The first-order chi connectivity index (χ1) is 10.8. The van der Waals surface area contributed by atoms with Gasteiger partial charge in [0.2, 0.25) is 0 Å². The number of ether oxygens (including phenoxy) is 1. The Morgan fingerprint density at radius 2 is 1.45 bits per heavy atom. The Balaban J connectivity index is 1.99. The molecule has 1 nitrogen and oxygen atoms in total. The van der Waals surface area contributed by atoms with Crippen LogP contribution in [-0.4, -0.2) is 18.9 Å². The number of benzene rings is 2. The van der Waals surface area contributed by atoms with E-state index in [1.165, 1.54) is 29.9 Å². The van der Waals surface area contributed by atoms with Crippen LogP contribution in [0, 0.1) is 5.92 Å². The van der Waals surface area contributed by atoms with Crippen LogP contribution >= 0.6 is 7.92 Å². The smallest absolute Gasteiger partial charge is 0.0577 e. The summed E-state index contributed by atoms with van der Waals surface area (Å²) in [5.41, 5.74) is 0.731. The summed E-state index contributed by atoms with van der Waals surface area (Å²) in [6.45, 7) is 2.24. The molecule has 1 aliphatic carbocycles. The number of rotatable bonds is 5. The highest BCUT2D eigenvalue weighted by molar-refractivity contribution is 7.73. The maximum atomic E-state index is 5.70. The molecular weight excluding hydrogens is 287 g/mol. The Morgan fingerprint density at radius 3 is 1.95 bits per heavy atom. The zero-order valence-electron chi connectivity index (χ0n) is 13.5. The lowest BCUT2D eigenvalue weighted by atomic mass is 10.0. The molecule has 3 atom stereocenters. The molecule has 0 aliphatic heterocycles. The van der Waals surface area contributed by atoms with Gasteiger partial charge in [0, 0.05) is 7.11 Å². The van der Waals surface area contributed by atoms with Crippen molar-refractivity contribution in [3.63, 3.8) is 0 Å². The van der Waals surface area contributed by atoms with E-state index in [9.17, 15) is 0 Å². The van der Waals surface area contributed by atoms with Crippen molar-refractivity contribution in [2.75, 3.05) is 7.11 Å². The fourth-order valence-electron chi connectivity index (χ4n) is 3.72. The molecule has 0 N–H and O–H groups in total. The summed E-state index contributed by atoms with van der Waals surface area (Å²) in [7, 11) is 1.55. The quantitative estimate of drug-likeness (QED) is 0.747. The predicted molar refractivity (Wildman–Crippen MR) is 96.7 cm³/mol. The molecule has 22 heavy (non-hydrogen) atoms. The summed E-state index contributed by atoms with van der Waals surface area (Å²) in [6, 6.07) is 22.2. The molecule has 0 radical (unpaired) electrons. The van der Waals surface area contributed by atoms with Gasteiger partial charge in [-0.15, -0.1) is 0 Å². The van der Waals surface area contributed by atoms with Crippen molar-refractivity contribution in [1.29, 1.82) is 0 Å². The maximum absolute atomic E-state index is 5.70. The lowest BCUT2D eigenvalue weighted by molar-refractivity contribution is 0.0709. The number of hydrogen-bond acceptors (Lipinski definition) is 1. The Hall–Kier alpha value is -1.17. The van der Waals surface area contributed by atoms with Crippen LogP contribution in [0.1, 0.15) is 26.2 Å². The molecule has 0 amide bonds. The minimum absolute atomic E-state index is 0.309. The molecule has 0 spiro atoms. The highest BCUT2D eigenvalue weighted by atomic mass is 31.1. The molecule has 2 aromatic rings. The van der Waals surface area contributed by atoms with Crippen LogP contribution < -0.4 is 10.6 Å². The minimum Gasteiger partial charge on any atom is -0.381 e. The van der Waals surface area contributed by atoms with Crippen LogP contribution in [0.2, 0.25) is 0 Å². The van der Waals surface area contributed by atoms with E-state index in [1.54, 1.807) is 0 Å². The van der Waals surface area contributed by atoms with Gasteiger partial charge < -0.3 is 4.74 Å². The van der Waals surface area contributed by atoms with Crippen molar-refractivity contribution in [2.24, 2.45) is 5.92 Å². The third-order valence-electron chi connectivity index (χ3n) is 4.91. The SMILES string of the molecule is CO[C@@H](C)C1CCC[C@@H]1P(c1ccccc1)c1ccccc1. The summed E-state index contributed by atoms with van der Waals surface area (Å²) >= 11 is 0. The molecule has 1 saturated carbocycles. The van der Waals surface area contributed by atoms with E-state index in [2.05, 4.69) is 67.6 Å². The van der Waals surface area contributed by atoms with Gasteiger partial charge in [-0.3, -0.25) is 0 Å². The van der Waals surface area contributed by atoms with Crippen molar-refractivity contribution in [1.82, 2.24) is 0 Å². The summed E-state index contributed by atoms with van der Waals surface area (Å²) in [5.74, 6) is 0.677. The van der Waals surface area contributed by atoms with Gasteiger partial charge in [-0.1, -0.05) is 67.1 Å². The molecule has 2 heteroatoms. The predicted octanol–water partition coefficient (Wildman–Crippen LogP) is 4.32. The normalized spacial score (nSPS) is 22.9. The minimum atomic E-state index is -0.309. The van der Waals surface area contributed by atoms with Gasteiger partial charge in [-0.05, 0) is 49.9 Å². The molecular formula is C20H25OP. The van der Waals surface area contributed by atoms with E-state index in [-0.39, 0.29) is 7.92 Å². The first-order valence-corrected chi connectivity index (χ1v) is 9.64. The fourth-order valence-corrected chi connectivity index (χ4v) is 6.99. The second-order valence-electron chi connectivity index (χ2n) is 6.14. The fraction of sp³-hybridized carbons (Fsp3) is 0.400. The Bertz CT molecular complexity index is 529. The largest absolute Gasteiger partial charge is 0.381 e. The molecule has 1 fully saturated rings. The second kappa shape index (κ2) is 7.40. The van der Waals surface area contributed by atoms with Gasteiger partial charge >= 0.3 is 0 Å². The van der Waals surface area contributed by atoms with Gasteiger partial charge in [0.1, 0.15) is 0 Å². The van der Waals surface area contributed by atoms with Crippen molar-refractivity contribution >= 4 is 18.5 Å². The van der Waals surface area contributed by atoms with Gasteiger partial charge in [0.15, 0.2) is 0 Å². The van der Waals surface area contributed by atoms with E-state index in [4.69, 9.17) is 4.74 Å². The van der Waals surface area contributed by atoms with Gasteiger partial charge in [0.05, 0.1) is 6.10 Å². The third-order valence-corrected chi connectivity index (χ3v) is 7.92. The topological polar surface area (TPSA) is 9.23 Å². The van der Waals surface area contributed by atoms with Gasteiger partial charge in [-0.25, -0.2) is 0 Å². The Morgan fingerprint density at radius 1 is 0.909 bits per heavy atom. The van der Waals surface area contributed by atoms with Crippen molar-refractivity contribution in [3.05, 3.63) is 60.7 Å². The van der Waals surface area contributed by atoms with Gasteiger partial charge in [0.25, 0.3) is 0 Å². The zero-order chi connectivity index (χ0) is 15.4. The van der Waals surface area contributed by atoms with Crippen molar-refractivity contribution < 1.29 is 4.74 Å². The van der Waals surface area contributed by atoms with Crippen LogP contribution in [0.5, 0.6) is 0 Å². The van der Waals surface area contributed by atoms with Gasteiger partial charge in [-0.2, -0.15) is 0 Å². The van der Waals surface area contributed by atoms with Crippen molar-refractivity contribution in [2.45, 2.75) is 37.9 Å². The van der Waals surface area contributed by atoms with Crippen LogP contribution in [0.4, 0.5) is 0 Å². The second-order valence-corrected chi connectivity index (χ2v) is 8.58. The highest BCUT2D eigenvalue weighted by Crippen LogP contribution is 2.51. The molecule has 1 unspecified atom stereocenters. The summed E-state index contributed by atoms with van der Waals surface area (Å²) in [6.07, 6.45) is 4.32. The summed E-state index contributed by atoms with van der Waals surface area (Å²) < 4.78 is 5.70.